The van der Waals surface area contributed by atoms with Crippen LogP contribution in [0, 0.1) is 5.41 Å². The molecule has 3 nitrogen and oxygen atoms in total. The van der Waals surface area contributed by atoms with Crippen LogP contribution < -0.4 is 5.73 Å². The zero-order chi connectivity index (χ0) is 14.8. The van der Waals surface area contributed by atoms with Crippen molar-refractivity contribution in [2.45, 2.75) is 31.2 Å². The average molecular weight is 313 g/mol. The van der Waals surface area contributed by atoms with E-state index < -0.39 is 0 Å². The number of hydrogen-bond donors (Lipinski definition) is 1. The van der Waals surface area contributed by atoms with Crippen LogP contribution in [0.2, 0.25) is 5.02 Å². The summed E-state index contributed by atoms with van der Waals surface area (Å²) in [5.41, 5.74) is 6.09. The lowest BCUT2D eigenvalue weighted by Gasteiger charge is -2.42. The molecule has 1 aliphatic heterocycles. The summed E-state index contributed by atoms with van der Waals surface area (Å²) in [6, 6.07) is 7.78. The molecule has 0 spiro atoms. The van der Waals surface area contributed by atoms with E-state index in [0.29, 0.717) is 10.8 Å². The van der Waals surface area contributed by atoms with E-state index in [-0.39, 0.29) is 17.4 Å². The van der Waals surface area contributed by atoms with Gasteiger partial charge in [0.2, 0.25) is 5.91 Å². The number of likely N-dealkylation sites (tertiary alicyclic amines) is 1. The molecule has 110 valence electrons. The fraction of sp³-hybridized carbons (Fsp3) is 0.533. The van der Waals surface area contributed by atoms with Crippen LogP contribution in [0.25, 0.3) is 0 Å². The van der Waals surface area contributed by atoms with Gasteiger partial charge in [-0.3, -0.25) is 4.79 Å². The highest BCUT2D eigenvalue weighted by atomic mass is 35.5. The van der Waals surface area contributed by atoms with Crippen LogP contribution in [0.5, 0.6) is 0 Å². The van der Waals surface area contributed by atoms with Gasteiger partial charge in [0.05, 0.1) is 10.8 Å². The van der Waals surface area contributed by atoms with Crippen molar-refractivity contribution < 1.29 is 4.79 Å². The molecule has 1 aliphatic rings. The van der Waals surface area contributed by atoms with Gasteiger partial charge in [0.1, 0.15) is 0 Å². The molecule has 1 atom stereocenters. The van der Waals surface area contributed by atoms with Gasteiger partial charge < -0.3 is 10.6 Å². The summed E-state index contributed by atoms with van der Waals surface area (Å²) in [4.78, 5) is 15.2. The number of benzene rings is 1. The Balaban J connectivity index is 1.91. The van der Waals surface area contributed by atoms with E-state index in [1.807, 2.05) is 29.2 Å². The van der Waals surface area contributed by atoms with E-state index in [9.17, 15) is 4.79 Å². The number of nitrogens with zero attached hydrogens (tertiary/aromatic N) is 1. The summed E-state index contributed by atoms with van der Waals surface area (Å²) >= 11 is 7.59. The van der Waals surface area contributed by atoms with Crippen LogP contribution in [0.15, 0.2) is 29.2 Å². The molecule has 0 radical (unpaired) electrons. The van der Waals surface area contributed by atoms with Crippen LogP contribution in [-0.4, -0.2) is 35.7 Å². The van der Waals surface area contributed by atoms with E-state index in [1.54, 1.807) is 0 Å². The first-order valence-electron chi connectivity index (χ1n) is 6.81. The third-order valence-electron chi connectivity index (χ3n) is 3.85. The number of hydrogen-bond acceptors (Lipinski definition) is 3. The monoisotopic (exact) mass is 312 g/mol. The number of carbonyl (C=O) groups excluding carboxylic acids is 1. The average Bonchev–Trinajstić information content (AvgIpc) is 2.40. The Kier molecular flexibility index (Phi) is 4.99. The lowest BCUT2D eigenvalue weighted by molar-refractivity contribution is -0.131. The molecular formula is C15H21ClN2OS. The van der Waals surface area contributed by atoms with Gasteiger partial charge in [0, 0.05) is 24.0 Å². The molecule has 1 aromatic carbocycles. The van der Waals surface area contributed by atoms with Crippen LogP contribution in [-0.2, 0) is 4.79 Å². The molecular weight excluding hydrogens is 292 g/mol. The van der Waals surface area contributed by atoms with Crippen molar-refractivity contribution in [1.82, 2.24) is 4.90 Å². The third-order valence-corrected chi connectivity index (χ3v) is 5.35. The first kappa shape index (κ1) is 15.7. The molecule has 1 fully saturated rings. The number of thioether (sulfide) groups is 1. The Hall–Kier alpha value is -0.710. The molecule has 0 aromatic heterocycles. The first-order chi connectivity index (χ1) is 9.40. The largest absolute Gasteiger partial charge is 0.341 e. The molecule has 1 aromatic rings. The predicted octanol–water partition coefficient (Wildman–Crippen LogP) is 3.02. The predicted molar refractivity (Wildman–Crippen MR) is 85.1 cm³/mol. The smallest absolute Gasteiger partial charge is 0.232 e. The van der Waals surface area contributed by atoms with Crippen LogP contribution in [0.1, 0.15) is 20.3 Å². The number of piperidine rings is 1. The standard InChI is InChI=1S/C15H21ClN2OS/c1-15(2)10-18(8-7-13(15)17)14(19)9-20-12-6-4-3-5-11(12)16/h3-6,13H,7-10,17H2,1-2H3. The van der Waals surface area contributed by atoms with Gasteiger partial charge in [-0.15, -0.1) is 11.8 Å². The van der Waals surface area contributed by atoms with Crippen molar-refractivity contribution >= 4 is 29.3 Å². The molecule has 2 N–H and O–H groups in total. The molecule has 5 heteroatoms. The summed E-state index contributed by atoms with van der Waals surface area (Å²) in [7, 11) is 0. The summed E-state index contributed by atoms with van der Waals surface area (Å²) in [6.07, 6.45) is 0.871. The van der Waals surface area contributed by atoms with Gasteiger partial charge in [0.25, 0.3) is 0 Å². The van der Waals surface area contributed by atoms with Crippen molar-refractivity contribution in [3.05, 3.63) is 29.3 Å². The van der Waals surface area contributed by atoms with Crippen molar-refractivity contribution in [3.8, 4) is 0 Å². The maximum absolute atomic E-state index is 12.3. The van der Waals surface area contributed by atoms with Gasteiger partial charge in [-0.1, -0.05) is 37.6 Å². The van der Waals surface area contributed by atoms with Crippen molar-refractivity contribution in [1.29, 1.82) is 0 Å². The van der Waals surface area contributed by atoms with E-state index in [2.05, 4.69) is 13.8 Å². The topological polar surface area (TPSA) is 46.3 Å². The van der Waals surface area contributed by atoms with Gasteiger partial charge in [-0.25, -0.2) is 0 Å². The second-order valence-electron chi connectivity index (χ2n) is 5.92. The number of amides is 1. The van der Waals surface area contributed by atoms with Gasteiger partial charge >= 0.3 is 0 Å². The zero-order valence-electron chi connectivity index (χ0n) is 11.9. The number of halogens is 1. The molecule has 1 heterocycles. The highest BCUT2D eigenvalue weighted by molar-refractivity contribution is 8.00. The molecule has 1 unspecified atom stereocenters. The maximum Gasteiger partial charge on any atom is 0.232 e. The molecule has 1 amide bonds. The van der Waals surface area contributed by atoms with E-state index in [4.69, 9.17) is 17.3 Å². The highest BCUT2D eigenvalue weighted by Gasteiger charge is 2.35. The molecule has 0 saturated carbocycles. The minimum atomic E-state index is -0.0109. The van der Waals surface area contributed by atoms with Gasteiger partial charge in [-0.05, 0) is 24.0 Å². The number of carbonyl (C=O) groups is 1. The second-order valence-corrected chi connectivity index (χ2v) is 7.34. The van der Waals surface area contributed by atoms with E-state index in [1.165, 1.54) is 11.8 Å². The molecule has 2 rings (SSSR count). The summed E-state index contributed by atoms with van der Waals surface area (Å²) in [5, 5.41) is 0.700. The van der Waals surface area contributed by atoms with E-state index in [0.717, 1.165) is 24.4 Å². The lowest BCUT2D eigenvalue weighted by atomic mass is 9.80. The Morgan fingerprint density at radius 2 is 2.20 bits per heavy atom. The quantitative estimate of drug-likeness (QED) is 0.873. The van der Waals surface area contributed by atoms with Crippen molar-refractivity contribution in [3.63, 3.8) is 0 Å². The second kappa shape index (κ2) is 6.37. The summed E-state index contributed by atoms with van der Waals surface area (Å²) < 4.78 is 0. The normalized spacial score (nSPS) is 21.8. The molecule has 0 bridgehead atoms. The Morgan fingerprint density at radius 3 is 2.85 bits per heavy atom. The Labute approximate surface area is 129 Å². The highest BCUT2D eigenvalue weighted by Crippen LogP contribution is 2.30. The van der Waals surface area contributed by atoms with E-state index >= 15 is 0 Å². The Morgan fingerprint density at radius 1 is 1.50 bits per heavy atom. The fourth-order valence-electron chi connectivity index (χ4n) is 2.38. The van der Waals surface area contributed by atoms with Crippen LogP contribution in [0.4, 0.5) is 0 Å². The van der Waals surface area contributed by atoms with Crippen molar-refractivity contribution in [2.75, 3.05) is 18.8 Å². The molecule has 0 aliphatic carbocycles. The third kappa shape index (κ3) is 3.68. The molecule has 1 saturated heterocycles. The maximum atomic E-state index is 12.3. The number of rotatable bonds is 3. The summed E-state index contributed by atoms with van der Waals surface area (Å²) in [6.45, 7) is 5.74. The van der Waals surface area contributed by atoms with Gasteiger partial charge in [-0.2, -0.15) is 0 Å². The van der Waals surface area contributed by atoms with Crippen LogP contribution in [0.3, 0.4) is 0 Å². The lowest BCUT2D eigenvalue weighted by Crippen LogP contribution is -2.54. The zero-order valence-corrected chi connectivity index (χ0v) is 13.5. The van der Waals surface area contributed by atoms with Gasteiger partial charge in [0.15, 0.2) is 0 Å². The first-order valence-corrected chi connectivity index (χ1v) is 8.17. The minimum Gasteiger partial charge on any atom is -0.341 e. The Bertz CT molecular complexity index is 493. The fourth-order valence-corrected chi connectivity index (χ4v) is 3.52. The number of nitrogens with two attached hydrogens (primary N) is 1. The SMILES string of the molecule is CC1(C)CN(C(=O)CSc2ccccc2Cl)CCC1N. The van der Waals surface area contributed by atoms with Crippen LogP contribution >= 0.6 is 23.4 Å². The summed E-state index contributed by atoms with van der Waals surface area (Å²) in [5.74, 6) is 0.588. The minimum absolute atomic E-state index is 0.0109. The van der Waals surface area contributed by atoms with Crippen molar-refractivity contribution in [2.24, 2.45) is 11.1 Å². The molecule has 20 heavy (non-hydrogen) atoms.